The number of aryl methyl sites for hydroxylation is 1. The molecule has 1 heterocycles. The lowest BCUT2D eigenvalue weighted by Crippen LogP contribution is -2.40. The van der Waals surface area contributed by atoms with Crippen LogP contribution in [0, 0.1) is 12.8 Å². The maximum Gasteiger partial charge on any atom is 0.255 e. The second-order valence-electron chi connectivity index (χ2n) is 4.85. The summed E-state index contributed by atoms with van der Waals surface area (Å²) in [5, 5.41) is 0.565. The first kappa shape index (κ1) is 13.7. The van der Waals surface area contributed by atoms with E-state index in [1.807, 2.05) is 24.0 Å². The number of carbonyl (C=O) groups is 1. The molecule has 1 aliphatic heterocycles. The zero-order valence-electron chi connectivity index (χ0n) is 10.5. The first-order valence-corrected chi connectivity index (χ1v) is 7.15. The highest BCUT2D eigenvalue weighted by Gasteiger charge is 2.25. The highest BCUT2D eigenvalue weighted by Crippen LogP contribution is 2.24. The molecule has 1 aromatic carbocycles. The third-order valence-corrected chi connectivity index (χ3v) is 4.38. The average molecular weight is 286 g/mol. The monoisotopic (exact) mass is 285 g/mol. The van der Waals surface area contributed by atoms with Crippen LogP contribution >= 0.6 is 23.2 Å². The Morgan fingerprint density at radius 3 is 3.00 bits per heavy atom. The Morgan fingerprint density at radius 1 is 1.50 bits per heavy atom. The summed E-state index contributed by atoms with van der Waals surface area (Å²) in [6.45, 7) is 3.46. The molecule has 0 saturated carbocycles. The Balaban J connectivity index is 2.18. The molecule has 1 saturated heterocycles. The standard InChI is InChI=1S/C14H17Cl2NO/c1-10-4-2-6-12(13(10)16)14(18)17-7-3-5-11(8-15)9-17/h2,4,6,11H,3,5,7-9H2,1H3. The predicted molar refractivity (Wildman–Crippen MR) is 75.5 cm³/mol. The SMILES string of the molecule is Cc1cccc(C(=O)N2CCCC(CCl)C2)c1Cl. The van der Waals surface area contributed by atoms with Crippen molar-refractivity contribution in [2.24, 2.45) is 5.92 Å². The highest BCUT2D eigenvalue weighted by atomic mass is 35.5. The van der Waals surface area contributed by atoms with Gasteiger partial charge in [-0.25, -0.2) is 0 Å². The third kappa shape index (κ3) is 2.81. The molecule has 1 aromatic rings. The molecular weight excluding hydrogens is 269 g/mol. The van der Waals surface area contributed by atoms with E-state index in [0.29, 0.717) is 22.4 Å². The van der Waals surface area contributed by atoms with Gasteiger partial charge in [0.1, 0.15) is 0 Å². The molecule has 0 aromatic heterocycles. The lowest BCUT2D eigenvalue weighted by atomic mass is 9.99. The largest absolute Gasteiger partial charge is 0.338 e. The van der Waals surface area contributed by atoms with Crippen LogP contribution in [0.2, 0.25) is 5.02 Å². The van der Waals surface area contributed by atoms with Crippen molar-refractivity contribution >= 4 is 29.1 Å². The molecular formula is C14H17Cl2NO. The molecule has 1 aliphatic rings. The molecule has 1 atom stereocenters. The lowest BCUT2D eigenvalue weighted by molar-refractivity contribution is 0.0685. The summed E-state index contributed by atoms with van der Waals surface area (Å²) in [7, 11) is 0. The second-order valence-corrected chi connectivity index (χ2v) is 5.54. The number of likely N-dealkylation sites (tertiary alicyclic amines) is 1. The van der Waals surface area contributed by atoms with E-state index in [9.17, 15) is 4.79 Å². The maximum atomic E-state index is 12.4. The van der Waals surface area contributed by atoms with Gasteiger partial charge in [0.05, 0.1) is 10.6 Å². The van der Waals surface area contributed by atoms with Crippen molar-refractivity contribution in [3.8, 4) is 0 Å². The summed E-state index contributed by atoms with van der Waals surface area (Å²) in [6, 6.07) is 5.58. The summed E-state index contributed by atoms with van der Waals surface area (Å²) in [5.74, 6) is 1.05. The smallest absolute Gasteiger partial charge is 0.255 e. The normalized spacial score (nSPS) is 19.9. The number of hydrogen-bond acceptors (Lipinski definition) is 1. The third-order valence-electron chi connectivity index (χ3n) is 3.45. The molecule has 18 heavy (non-hydrogen) atoms. The first-order chi connectivity index (χ1) is 8.63. The van der Waals surface area contributed by atoms with Crippen molar-refractivity contribution in [2.45, 2.75) is 19.8 Å². The number of amides is 1. The molecule has 1 amide bonds. The van der Waals surface area contributed by atoms with Crippen molar-refractivity contribution in [2.75, 3.05) is 19.0 Å². The highest BCUT2D eigenvalue weighted by molar-refractivity contribution is 6.34. The fourth-order valence-electron chi connectivity index (χ4n) is 2.36. The summed E-state index contributed by atoms with van der Waals surface area (Å²) >= 11 is 12.1. The molecule has 98 valence electrons. The van der Waals surface area contributed by atoms with Gasteiger partial charge in [0.15, 0.2) is 0 Å². The number of rotatable bonds is 2. The zero-order valence-corrected chi connectivity index (χ0v) is 12.0. The van der Waals surface area contributed by atoms with Crippen LogP contribution in [0.15, 0.2) is 18.2 Å². The van der Waals surface area contributed by atoms with Gasteiger partial charge in [-0.3, -0.25) is 4.79 Å². The maximum absolute atomic E-state index is 12.4. The van der Waals surface area contributed by atoms with Gasteiger partial charge in [0.2, 0.25) is 0 Å². The minimum Gasteiger partial charge on any atom is -0.338 e. The fourth-order valence-corrected chi connectivity index (χ4v) is 2.82. The molecule has 0 N–H and O–H groups in total. The van der Waals surface area contributed by atoms with Crippen molar-refractivity contribution in [1.29, 1.82) is 0 Å². The van der Waals surface area contributed by atoms with Gasteiger partial charge in [0, 0.05) is 19.0 Å². The number of nitrogens with zero attached hydrogens (tertiary/aromatic N) is 1. The van der Waals surface area contributed by atoms with Gasteiger partial charge in [-0.1, -0.05) is 23.7 Å². The number of benzene rings is 1. The van der Waals surface area contributed by atoms with Crippen LogP contribution in [0.25, 0.3) is 0 Å². The molecule has 1 fully saturated rings. The minimum atomic E-state index is 0.0264. The van der Waals surface area contributed by atoms with E-state index >= 15 is 0 Å². The van der Waals surface area contributed by atoms with Gasteiger partial charge in [-0.2, -0.15) is 0 Å². The Labute approximate surface area is 118 Å². The van der Waals surface area contributed by atoms with E-state index in [1.165, 1.54) is 0 Å². The van der Waals surface area contributed by atoms with E-state index in [2.05, 4.69) is 0 Å². The van der Waals surface area contributed by atoms with Gasteiger partial charge in [-0.05, 0) is 37.3 Å². The molecule has 2 rings (SSSR count). The van der Waals surface area contributed by atoms with Crippen LogP contribution in [0.1, 0.15) is 28.8 Å². The predicted octanol–water partition coefficient (Wildman–Crippen LogP) is 3.74. The molecule has 1 unspecified atom stereocenters. The summed E-state index contributed by atoms with van der Waals surface area (Å²) in [4.78, 5) is 14.3. The van der Waals surface area contributed by atoms with E-state index in [4.69, 9.17) is 23.2 Å². The summed E-state index contributed by atoms with van der Waals surface area (Å²) < 4.78 is 0. The number of piperidine rings is 1. The lowest BCUT2D eigenvalue weighted by Gasteiger charge is -2.32. The average Bonchev–Trinajstić information content (AvgIpc) is 2.41. The van der Waals surface area contributed by atoms with Crippen LogP contribution in [0.5, 0.6) is 0 Å². The quantitative estimate of drug-likeness (QED) is 0.758. The molecule has 4 heteroatoms. The molecule has 0 aliphatic carbocycles. The van der Waals surface area contributed by atoms with Gasteiger partial charge >= 0.3 is 0 Å². The van der Waals surface area contributed by atoms with Crippen molar-refractivity contribution < 1.29 is 4.79 Å². The Kier molecular flexibility index (Phi) is 4.52. The Morgan fingerprint density at radius 2 is 2.28 bits per heavy atom. The van der Waals surface area contributed by atoms with Gasteiger partial charge < -0.3 is 4.90 Å². The number of carbonyl (C=O) groups excluding carboxylic acids is 1. The minimum absolute atomic E-state index is 0.0264. The van der Waals surface area contributed by atoms with E-state index in [-0.39, 0.29) is 5.91 Å². The Bertz CT molecular complexity index is 447. The fraction of sp³-hybridized carbons (Fsp3) is 0.500. The van der Waals surface area contributed by atoms with Crippen LogP contribution in [-0.4, -0.2) is 29.8 Å². The van der Waals surface area contributed by atoms with E-state index in [0.717, 1.165) is 31.5 Å². The number of alkyl halides is 1. The first-order valence-electron chi connectivity index (χ1n) is 6.24. The van der Waals surface area contributed by atoms with Crippen molar-refractivity contribution in [3.05, 3.63) is 34.3 Å². The Hall–Kier alpha value is -0.730. The van der Waals surface area contributed by atoms with E-state index < -0.39 is 0 Å². The van der Waals surface area contributed by atoms with Crippen LogP contribution in [0.3, 0.4) is 0 Å². The second kappa shape index (κ2) is 5.94. The van der Waals surface area contributed by atoms with Crippen LogP contribution in [-0.2, 0) is 0 Å². The molecule has 0 spiro atoms. The van der Waals surface area contributed by atoms with Gasteiger partial charge in [-0.15, -0.1) is 11.6 Å². The topological polar surface area (TPSA) is 20.3 Å². The van der Waals surface area contributed by atoms with Crippen molar-refractivity contribution in [1.82, 2.24) is 4.90 Å². The van der Waals surface area contributed by atoms with Gasteiger partial charge in [0.25, 0.3) is 5.91 Å². The summed E-state index contributed by atoms with van der Waals surface area (Å²) in [5.41, 5.74) is 1.54. The van der Waals surface area contributed by atoms with Crippen LogP contribution < -0.4 is 0 Å². The molecule has 0 bridgehead atoms. The number of hydrogen-bond donors (Lipinski definition) is 0. The van der Waals surface area contributed by atoms with Crippen LogP contribution in [0.4, 0.5) is 0 Å². The van der Waals surface area contributed by atoms with Crippen molar-refractivity contribution in [3.63, 3.8) is 0 Å². The molecule has 0 radical (unpaired) electrons. The molecule has 2 nitrogen and oxygen atoms in total. The van der Waals surface area contributed by atoms with E-state index in [1.54, 1.807) is 6.07 Å². The summed E-state index contributed by atoms with van der Waals surface area (Å²) in [6.07, 6.45) is 2.13. The zero-order chi connectivity index (χ0) is 13.1. The number of halogens is 2.